The van der Waals surface area contributed by atoms with Crippen molar-refractivity contribution in [2.45, 2.75) is 58.8 Å². The van der Waals surface area contributed by atoms with Crippen molar-refractivity contribution < 1.29 is 4.79 Å². The lowest BCUT2D eigenvalue weighted by molar-refractivity contribution is 0.0950. The molecule has 2 aromatic carbocycles. The highest BCUT2D eigenvalue weighted by Crippen LogP contribution is 2.30. The zero-order valence-electron chi connectivity index (χ0n) is 22.0. The molecule has 1 unspecified atom stereocenters. The van der Waals surface area contributed by atoms with Crippen LogP contribution in [0.1, 0.15) is 65.5 Å². The van der Waals surface area contributed by atoms with Crippen molar-refractivity contribution in [2.75, 3.05) is 26.2 Å². The Hall–Kier alpha value is -2.85. The molecule has 1 aliphatic carbocycles. The molecule has 190 valence electrons. The largest absolute Gasteiger partial charge is 0.352 e. The van der Waals surface area contributed by atoms with Gasteiger partial charge in [-0.25, -0.2) is 0 Å². The Morgan fingerprint density at radius 1 is 1.00 bits per heavy atom. The van der Waals surface area contributed by atoms with Crippen LogP contribution < -0.4 is 5.32 Å². The number of likely N-dealkylation sites (tertiary alicyclic amines) is 1. The van der Waals surface area contributed by atoms with E-state index in [1.165, 1.54) is 67.7 Å². The van der Waals surface area contributed by atoms with Crippen molar-refractivity contribution in [2.24, 2.45) is 11.8 Å². The van der Waals surface area contributed by atoms with Crippen LogP contribution in [0.25, 0.3) is 5.69 Å². The topological polar surface area (TPSA) is 37.3 Å². The molecule has 1 fully saturated rings. The molecule has 1 N–H and O–H groups in total. The van der Waals surface area contributed by atoms with Gasteiger partial charge >= 0.3 is 0 Å². The third kappa shape index (κ3) is 5.92. The molecule has 1 amide bonds. The second-order valence-electron chi connectivity index (χ2n) is 11.1. The smallest absolute Gasteiger partial charge is 0.251 e. The van der Waals surface area contributed by atoms with Gasteiger partial charge in [0, 0.05) is 29.2 Å². The highest BCUT2D eigenvalue weighted by atomic mass is 16.1. The maximum absolute atomic E-state index is 12.7. The number of hydrogen-bond donors (Lipinski definition) is 1. The number of fused-ring (bicyclic) bond motifs is 1. The van der Waals surface area contributed by atoms with Crippen LogP contribution in [0.2, 0.25) is 0 Å². The number of carbonyl (C=O) groups excluding carboxylic acids is 1. The molecule has 1 atom stereocenters. The Kier molecular flexibility index (Phi) is 7.91. The highest BCUT2D eigenvalue weighted by molar-refractivity contribution is 5.94. The number of benzene rings is 2. The van der Waals surface area contributed by atoms with E-state index in [-0.39, 0.29) is 5.91 Å². The van der Waals surface area contributed by atoms with Gasteiger partial charge in [-0.05, 0) is 125 Å². The summed E-state index contributed by atoms with van der Waals surface area (Å²) in [5, 5.41) is 3.13. The lowest BCUT2D eigenvalue weighted by Crippen LogP contribution is -2.36. The molecule has 3 aromatic rings. The molecule has 5 rings (SSSR count). The van der Waals surface area contributed by atoms with Gasteiger partial charge in [-0.15, -0.1) is 0 Å². The van der Waals surface area contributed by atoms with Crippen molar-refractivity contribution in [3.8, 4) is 5.69 Å². The van der Waals surface area contributed by atoms with E-state index in [1.54, 1.807) is 0 Å². The lowest BCUT2D eigenvalue weighted by Gasteiger charge is -2.32. The summed E-state index contributed by atoms with van der Waals surface area (Å²) in [7, 11) is 0. The molecule has 4 nitrogen and oxygen atoms in total. The van der Waals surface area contributed by atoms with Gasteiger partial charge in [0.05, 0.1) is 0 Å². The second kappa shape index (κ2) is 11.5. The summed E-state index contributed by atoms with van der Waals surface area (Å²) in [5.74, 6) is 1.60. The molecule has 1 aromatic heterocycles. The predicted molar refractivity (Wildman–Crippen MR) is 148 cm³/mol. The normalized spacial score (nSPS) is 18.7. The minimum atomic E-state index is 0.0307. The van der Waals surface area contributed by atoms with E-state index in [0.29, 0.717) is 0 Å². The van der Waals surface area contributed by atoms with E-state index in [2.05, 4.69) is 77.2 Å². The number of amides is 1. The zero-order chi connectivity index (χ0) is 24.9. The summed E-state index contributed by atoms with van der Waals surface area (Å²) in [6, 6.07) is 21.4. The van der Waals surface area contributed by atoms with Crippen LogP contribution in [0.15, 0.2) is 60.7 Å². The first-order chi connectivity index (χ1) is 17.6. The summed E-state index contributed by atoms with van der Waals surface area (Å²) in [4.78, 5) is 15.3. The maximum Gasteiger partial charge on any atom is 0.251 e. The number of carbonyl (C=O) groups is 1. The Balaban J connectivity index is 1.05. The fourth-order valence-electron chi connectivity index (χ4n) is 6.16. The summed E-state index contributed by atoms with van der Waals surface area (Å²) in [5.41, 5.74) is 7.60. The van der Waals surface area contributed by atoms with Crippen molar-refractivity contribution in [3.05, 3.63) is 88.7 Å². The molecule has 1 aliphatic heterocycles. The number of aryl methyl sites for hydroxylation is 1. The fraction of sp³-hybridized carbons (Fsp3) is 0.469. The Morgan fingerprint density at radius 2 is 1.75 bits per heavy atom. The molecular weight excluding hydrogens is 442 g/mol. The SMILES string of the molecule is Cc1cc2c(n1-c1ccc(C(=O)NCCCN3CCC(Cc4ccccc4)CC3)cc1)CCC(C)C2. The van der Waals surface area contributed by atoms with E-state index < -0.39 is 0 Å². The van der Waals surface area contributed by atoms with Gasteiger partial charge in [0.15, 0.2) is 0 Å². The Labute approximate surface area is 216 Å². The summed E-state index contributed by atoms with van der Waals surface area (Å²) in [6.07, 6.45) is 8.32. The number of nitrogens with zero attached hydrogens (tertiary/aromatic N) is 2. The van der Waals surface area contributed by atoms with Crippen molar-refractivity contribution in [3.63, 3.8) is 0 Å². The number of nitrogens with one attached hydrogen (secondary N) is 1. The number of piperidine rings is 1. The first-order valence-electron chi connectivity index (χ1n) is 13.9. The Bertz CT molecular complexity index is 1140. The third-order valence-electron chi connectivity index (χ3n) is 8.22. The lowest BCUT2D eigenvalue weighted by atomic mass is 9.89. The highest BCUT2D eigenvalue weighted by Gasteiger charge is 2.22. The Morgan fingerprint density at radius 3 is 2.50 bits per heavy atom. The molecule has 1 saturated heterocycles. The van der Waals surface area contributed by atoms with Crippen LogP contribution in [0.5, 0.6) is 0 Å². The molecule has 0 spiro atoms. The average Bonchev–Trinajstić information content (AvgIpc) is 3.22. The standard InChI is InChI=1S/C32H41N3O/c1-24-9-14-31-29(21-24)22-25(2)35(31)30-12-10-28(11-13-30)32(36)33-17-6-18-34-19-15-27(16-20-34)23-26-7-4-3-5-8-26/h3-5,7-8,10-13,22,24,27H,6,9,14-21,23H2,1-2H3,(H,33,36). The summed E-state index contributed by atoms with van der Waals surface area (Å²) in [6.45, 7) is 8.68. The molecular formula is C32H41N3O. The van der Waals surface area contributed by atoms with E-state index in [1.807, 2.05) is 12.1 Å². The quantitative estimate of drug-likeness (QED) is 0.400. The first-order valence-corrected chi connectivity index (χ1v) is 13.9. The second-order valence-corrected chi connectivity index (χ2v) is 11.1. The van der Waals surface area contributed by atoms with Gasteiger partial charge in [-0.1, -0.05) is 37.3 Å². The van der Waals surface area contributed by atoms with E-state index >= 15 is 0 Å². The minimum Gasteiger partial charge on any atom is -0.352 e. The van der Waals surface area contributed by atoms with Crippen LogP contribution in [0, 0.1) is 18.8 Å². The zero-order valence-corrected chi connectivity index (χ0v) is 22.0. The molecule has 0 saturated carbocycles. The monoisotopic (exact) mass is 483 g/mol. The molecule has 0 bridgehead atoms. The fourth-order valence-corrected chi connectivity index (χ4v) is 6.16. The van der Waals surface area contributed by atoms with Crippen molar-refractivity contribution >= 4 is 5.91 Å². The number of rotatable bonds is 8. The van der Waals surface area contributed by atoms with Crippen molar-refractivity contribution in [1.82, 2.24) is 14.8 Å². The minimum absolute atomic E-state index is 0.0307. The molecule has 2 heterocycles. The summed E-state index contributed by atoms with van der Waals surface area (Å²) < 4.78 is 2.38. The van der Waals surface area contributed by atoms with Crippen LogP contribution in [0.3, 0.4) is 0 Å². The van der Waals surface area contributed by atoms with E-state index in [0.717, 1.165) is 49.0 Å². The van der Waals surface area contributed by atoms with Crippen LogP contribution in [-0.2, 0) is 19.3 Å². The number of hydrogen-bond acceptors (Lipinski definition) is 2. The molecule has 0 radical (unpaired) electrons. The molecule has 4 heteroatoms. The van der Waals surface area contributed by atoms with E-state index in [4.69, 9.17) is 0 Å². The molecule has 2 aliphatic rings. The maximum atomic E-state index is 12.7. The van der Waals surface area contributed by atoms with Gasteiger partial charge in [0.25, 0.3) is 5.91 Å². The number of aromatic nitrogens is 1. The van der Waals surface area contributed by atoms with E-state index in [9.17, 15) is 4.79 Å². The van der Waals surface area contributed by atoms with Gasteiger partial charge < -0.3 is 14.8 Å². The third-order valence-corrected chi connectivity index (χ3v) is 8.22. The van der Waals surface area contributed by atoms with Gasteiger partial charge in [0.2, 0.25) is 0 Å². The first kappa shape index (κ1) is 24.8. The summed E-state index contributed by atoms with van der Waals surface area (Å²) >= 11 is 0. The van der Waals surface area contributed by atoms with Gasteiger partial charge in [-0.3, -0.25) is 4.79 Å². The average molecular weight is 484 g/mol. The van der Waals surface area contributed by atoms with Crippen LogP contribution >= 0.6 is 0 Å². The van der Waals surface area contributed by atoms with Gasteiger partial charge in [0.1, 0.15) is 0 Å². The van der Waals surface area contributed by atoms with Gasteiger partial charge in [-0.2, -0.15) is 0 Å². The van der Waals surface area contributed by atoms with Crippen LogP contribution in [-0.4, -0.2) is 41.6 Å². The van der Waals surface area contributed by atoms with Crippen LogP contribution in [0.4, 0.5) is 0 Å². The van der Waals surface area contributed by atoms with Crippen molar-refractivity contribution in [1.29, 1.82) is 0 Å². The molecule has 36 heavy (non-hydrogen) atoms. The predicted octanol–water partition coefficient (Wildman–Crippen LogP) is 5.99.